The average Bonchev–Trinajstić information content (AvgIpc) is 3.43. The summed E-state index contributed by atoms with van der Waals surface area (Å²) in [5, 5.41) is 2.93. The summed E-state index contributed by atoms with van der Waals surface area (Å²) in [6, 6.07) is 16.3. The quantitative estimate of drug-likeness (QED) is 0.778. The van der Waals surface area contributed by atoms with Gasteiger partial charge in [0, 0.05) is 12.1 Å². The van der Waals surface area contributed by atoms with Crippen LogP contribution in [0, 0.1) is 30.6 Å². The highest BCUT2D eigenvalue weighted by molar-refractivity contribution is 6.10. The molecule has 154 valence electrons. The van der Waals surface area contributed by atoms with E-state index in [1.54, 1.807) is 0 Å². The van der Waals surface area contributed by atoms with Gasteiger partial charge in [-0.1, -0.05) is 48.0 Å². The molecule has 1 N–H and O–H groups in total. The Labute approximate surface area is 176 Å². The highest BCUT2D eigenvalue weighted by Gasteiger charge is 2.62. The molecule has 5 heteroatoms. The zero-order valence-electron chi connectivity index (χ0n) is 17.1. The highest BCUT2D eigenvalue weighted by Crippen LogP contribution is 2.56. The summed E-state index contributed by atoms with van der Waals surface area (Å²) in [5.41, 5.74) is 2.70. The first-order valence-electron chi connectivity index (χ1n) is 10.8. The summed E-state index contributed by atoms with van der Waals surface area (Å²) >= 11 is 0. The van der Waals surface area contributed by atoms with Gasteiger partial charge in [0.1, 0.15) is 6.04 Å². The molecule has 2 bridgehead atoms. The van der Waals surface area contributed by atoms with Gasteiger partial charge < -0.3 is 5.32 Å². The summed E-state index contributed by atoms with van der Waals surface area (Å²) in [5.74, 6) is -0.424. The lowest BCUT2D eigenvalue weighted by Crippen LogP contribution is -2.49. The third-order valence-corrected chi connectivity index (χ3v) is 7.17. The Balaban J connectivity index is 1.45. The van der Waals surface area contributed by atoms with Crippen LogP contribution in [0.1, 0.15) is 30.4 Å². The van der Waals surface area contributed by atoms with Crippen LogP contribution in [-0.4, -0.2) is 28.7 Å². The minimum Gasteiger partial charge on any atom is -0.324 e. The Morgan fingerprint density at radius 3 is 2.17 bits per heavy atom. The number of imide groups is 1. The summed E-state index contributed by atoms with van der Waals surface area (Å²) in [7, 11) is 0. The van der Waals surface area contributed by atoms with E-state index >= 15 is 0 Å². The summed E-state index contributed by atoms with van der Waals surface area (Å²) in [6.07, 6.45) is 3.36. The van der Waals surface area contributed by atoms with E-state index in [4.69, 9.17) is 0 Å². The number of carbonyl (C=O) groups excluding carboxylic acids is 3. The first-order chi connectivity index (χ1) is 14.5. The molecule has 2 aromatic carbocycles. The molecule has 0 spiro atoms. The van der Waals surface area contributed by atoms with Crippen LogP contribution in [0.15, 0.2) is 54.6 Å². The average molecular weight is 402 g/mol. The number of fused-ring (bicyclic) bond motifs is 5. The number of amides is 3. The topological polar surface area (TPSA) is 66.5 Å². The van der Waals surface area contributed by atoms with E-state index in [9.17, 15) is 14.4 Å². The third-order valence-electron chi connectivity index (χ3n) is 7.17. The Hall–Kier alpha value is -2.95. The minimum absolute atomic E-state index is 0.141. The van der Waals surface area contributed by atoms with Gasteiger partial charge in [-0.15, -0.1) is 0 Å². The number of nitrogens with one attached hydrogen (secondary N) is 1. The molecule has 1 saturated heterocycles. The lowest BCUT2D eigenvalue weighted by Gasteiger charge is -2.27. The van der Waals surface area contributed by atoms with Crippen LogP contribution in [0.5, 0.6) is 0 Å². The van der Waals surface area contributed by atoms with Crippen molar-refractivity contribution in [3.05, 3.63) is 65.7 Å². The maximum absolute atomic E-state index is 13.3. The molecule has 30 heavy (non-hydrogen) atoms. The fourth-order valence-electron chi connectivity index (χ4n) is 5.74. The van der Waals surface area contributed by atoms with Crippen molar-refractivity contribution in [1.29, 1.82) is 0 Å². The Morgan fingerprint density at radius 1 is 0.967 bits per heavy atom. The van der Waals surface area contributed by atoms with E-state index in [1.165, 1.54) is 4.90 Å². The van der Waals surface area contributed by atoms with Gasteiger partial charge in [0.05, 0.1) is 11.8 Å². The smallest absolute Gasteiger partial charge is 0.248 e. The molecule has 5 rings (SSSR count). The number of hydrogen-bond acceptors (Lipinski definition) is 3. The molecule has 2 aromatic rings. The van der Waals surface area contributed by atoms with E-state index < -0.39 is 6.04 Å². The fourth-order valence-corrected chi connectivity index (χ4v) is 5.74. The van der Waals surface area contributed by atoms with E-state index in [0.29, 0.717) is 23.9 Å². The molecular formula is C25H26N2O3. The lowest BCUT2D eigenvalue weighted by atomic mass is 9.81. The second-order valence-electron chi connectivity index (χ2n) is 8.99. The number of carbonyl (C=O) groups is 3. The van der Waals surface area contributed by atoms with Crippen molar-refractivity contribution in [2.24, 2.45) is 23.7 Å². The van der Waals surface area contributed by atoms with E-state index in [-0.39, 0.29) is 29.6 Å². The molecule has 1 aliphatic heterocycles. The predicted molar refractivity (Wildman–Crippen MR) is 113 cm³/mol. The van der Waals surface area contributed by atoms with Crippen molar-refractivity contribution in [1.82, 2.24) is 4.90 Å². The molecule has 5 nitrogen and oxygen atoms in total. The SMILES string of the molecule is Cc1ccc(NC(=O)[C@H](Cc2ccccc2)N2C(=O)[C@@H]3[C@H]4CC[C@@H](C4)[C@@H]3C2=O)cc1. The second kappa shape index (κ2) is 7.38. The summed E-state index contributed by atoms with van der Waals surface area (Å²) < 4.78 is 0. The Morgan fingerprint density at radius 2 is 1.57 bits per heavy atom. The number of likely N-dealkylation sites (tertiary alicyclic amines) is 1. The van der Waals surface area contributed by atoms with Crippen molar-refractivity contribution in [2.75, 3.05) is 5.32 Å². The predicted octanol–water partition coefficient (Wildman–Crippen LogP) is 3.58. The highest BCUT2D eigenvalue weighted by atomic mass is 16.2. The maximum atomic E-state index is 13.3. The zero-order chi connectivity index (χ0) is 20.8. The van der Waals surface area contributed by atoms with Crippen LogP contribution in [0.2, 0.25) is 0 Å². The monoisotopic (exact) mass is 402 g/mol. The first kappa shape index (κ1) is 19.0. The van der Waals surface area contributed by atoms with E-state index in [1.807, 2.05) is 61.5 Å². The van der Waals surface area contributed by atoms with Crippen molar-refractivity contribution >= 4 is 23.4 Å². The molecule has 0 radical (unpaired) electrons. The van der Waals surface area contributed by atoms with Gasteiger partial charge in [0.15, 0.2) is 0 Å². The molecule has 3 aliphatic rings. The van der Waals surface area contributed by atoms with Gasteiger partial charge in [0.25, 0.3) is 0 Å². The lowest BCUT2D eigenvalue weighted by molar-refractivity contribution is -0.147. The van der Waals surface area contributed by atoms with Crippen LogP contribution in [0.3, 0.4) is 0 Å². The van der Waals surface area contributed by atoms with Crippen molar-refractivity contribution in [2.45, 2.75) is 38.6 Å². The molecule has 1 heterocycles. The first-order valence-corrected chi connectivity index (χ1v) is 10.8. The molecule has 5 atom stereocenters. The normalized spacial score (nSPS) is 28.0. The standard InChI is InChI=1S/C25H26N2O3/c1-15-7-11-19(12-8-15)26-23(28)20(13-16-5-3-2-4-6-16)27-24(29)21-17-9-10-18(14-17)22(21)25(27)30/h2-8,11-12,17-18,20-22H,9-10,13-14H2,1H3,(H,26,28)/t17-,18-,20-,21-,22+/m0/s1. The van der Waals surface area contributed by atoms with Gasteiger partial charge in [0.2, 0.25) is 17.7 Å². The van der Waals surface area contributed by atoms with Crippen molar-refractivity contribution in [3.8, 4) is 0 Å². The minimum atomic E-state index is -0.835. The molecule has 0 aromatic heterocycles. The van der Waals surface area contributed by atoms with Crippen LogP contribution in [-0.2, 0) is 20.8 Å². The van der Waals surface area contributed by atoms with Gasteiger partial charge in [-0.25, -0.2) is 0 Å². The number of benzene rings is 2. The number of anilines is 1. The molecular weight excluding hydrogens is 376 g/mol. The van der Waals surface area contributed by atoms with Gasteiger partial charge >= 0.3 is 0 Å². The van der Waals surface area contributed by atoms with Crippen molar-refractivity contribution < 1.29 is 14.4 Å². The second-order valence-corrected chi connectivity index (χ2v) is 8.99. The molecule has 3 fully saturated rings. The fraction of sp³-hybridized carbons (Fsp3) is 0.400. The number of rotatable bonds is 5. The van der Waals surface area contributed by atoms with Crippen LogP contribution >= 0.6 is 0 Å². The summed E-state index contributed by atoms with van der Waals surface area (Å²) in [4.78, 5) is 41.3. The third kappa shape index (κ3) is 3.13. The molecule has 3 amide bonds. The van der Waals surface area contributed by atoms with Gasteiger partial charge in [-0.05, 0) is 55.7 Å². The summed E-state index contributed by atoms with van der Waals surface area (Å²) in [6.45, 7) is 1.98. The van der Waals surface area contributed by atoms with Crippen LogP contribution in [0.4, 0.5) is 5.69 Å². The Bertz CT molecular complexity index is 957. The molecule has 2 saturated carbocycles. The molecule has 0 unspecified atom stereocenters. The number of nitrogens with zero attached hydrogens (tertiary/aromatic N) is 1. The maximum Gasteiger partial charge on any atom is 0.248 e. The van der Waals surface area contributed by atoms with E-state index in [2.05, 4.69) is 5.32 Å². The van der Waals surface area contributed by atoms with Crippen molar-refractivity contribution in [3.63, 3.8) is 0 Å². The van der Waals surface area contributed by atoms with Gasteiger partial charge in [-0.3, -0.25) is 19.3 Å². The largest absolute Gasteiger partial charge is 0.324 e. The van der Waals surface area contributed by atoms with Gasteiger partial charge in [-0.2, -0.15) is 0 Å². The van der Waals surface area contributed by atoms with E-state index in [0.717, 1.165) is 30.4 Å². The zero-order valence-corrected chi connectivity index (χ0v) is 17.1. The molecule has 2 aliphatic carbocycles. The van der Waals surface area contributed by atoms with Crippen LogP contribution in [0.25, 0.3) is 0 Å². The Kier molecular flexibility index (Phi) is 4.69. The van der Waals surface area contributed by atoms with Crippen LogP contribution < -0.4 is 5.32 Å². The number of hydrogen-bond donors (Lipinski definition) is 1. The number of aryl methyl sites for hydroxylation is 1.